The number of rotatable bonds is 6. The number of carbonyl (C=O) groups is 1. The van der Waals surface area contributed by atoms with E-state index in [1.807, 2.05) is 27.7 Å². The summed E-state index contributed by atoms with van der Waals surface area (Å²) >= 11 is 1.12. The fraction of sp³-hybridized carbons (Fsp3) is 0.750. The zero-order valence-corrected chi connectivity index (χ0v) is 12.2. The van der Waals surface area contributed by atoms with E-state index in [-0.39, 0.29) is 24.0 Å². The van der Waals surface area contributed by atoms with Crippen molar-refractivity contribution in [3.8, 4) is 0 Å². The lowest BCUT2D eigenvalue weighted by molar-refractivity contribution is 0.0889. The van der Waals surface area contributed by atoms with Crippen molar-refractivity contribution in [2.24, 2.45) is 0 Å². The van der Waals surface area contributed by atoms with Crippen LogP contribution in [-0.2, 0) is 0 Å². The van der Waals surface area contributed by atoms with Crippen LogP contribution < -0.4 is 5.32 Å². The molecule has 0 saturated heterocycles. The minimum absolute atomic E-state index is 0.0581. The Kier molecular flexibility index (Phi) is 5.22. The van der Waals surface area contributed by atoms with Crippen molar-refractivity contribution in [2.45, 2.75) is 52.0 Å². The highest BCUT2D eigenvalue weighted by molar-refractivity contribution is 7.08. The summed E-state index contributed by atoms with van der Waals surface area (Å²) in [5, 5.41) is 16.0. The van der Waals surface area contributed by atoms with Crippen molar-refractivity contribution in [1.29, 1.82) is 0 Å². The van der Waals surface area contributed by atoms with Crippen molar-refractivity contribution in [3.05, 3.63) is 10.6 Å². The van der Waals surface area contributed by atoms with Gasteiger partial charge in [-0.15, -0.1) is 5.10 Å². The smallest absolute Gasteiger partial charge is 0.265 e. The number of aliphatic hydroxyl groups is 1. The molecular formula is C12H21N3O2S. The second-order valence-corrected chi connectivity index (χ2v) is 5.74. The Hall–Kier alpha value is -1.01. The highest BCUT2D eigenvalue weighted by atomic mass is 32.1. The van der Waals surface area contributed by atoms with E-state index in [1.54, 1.807) is 0 Å². The Morgan fingerprint density at radius 1 is 1.56 bits per heavy atom. The van der Waals surface area contributed by atoms with E-state index in [0.29, 0.717) is 11.3 Å². The maximum atomic E-state index is 12.2. The molecule has 1 atom stereocenters. The molecule has 0 spiro atoms. The van der Waals surface area contributed by atoms with Crippen molar-refractivity contribution in [3.63, 3.8) is 0 Å². The van der Waals surface area contributed by atoms with E-state index >= 15 is 0 Å². The van der Waals surface area contributed by atoms with Crippen LogP contribution in [0.2, 0.25) is 0 Å². The number of carbonyl (C=O) groups excluding carboxylic acids is 1. The summed E-state index contributed by atoms with van der Waals surface area (Å²) in [5.74, 6) is 0.0294. The van der Waals surface area contributed by atoms with Gasteiger partial charge in [-0.1, -0.05) is 25.3 Å². The first-order valence-corrected chi connectivity index (χ1v) is 6.96. The number of amides is 1. The first-order valence-electron chi connectivity index (χ1n) is 6.19. The maximum absolute atomic E-state index is 12.2. The molecular weight excluding hydrogens is 250 g/mol. The first kappa shape index (κ1) is 15.0. The largest absolute Gasteiger partial charge is 0.396 e. The zero-order valence-electron chi connectivity index (χ0n) is 11.4. The summed E-state index contributed by atoms with van der Waals surface area (Å²) < 4.78 is 3.85. The minimum atomic E-state index is -0.385. The molecule has 0 radical (unpaired) electrons. The molecule has 1 heterocycles. The predicted octanol–water partition coefficient (Wildman–Crippen LogP) is 1.94. The predicted molar refractivity (Wildman–Crippen MR) is 71.9 cm³/mol. The van der Waals surface area contributed by atoms with Gasteiger partial charge in [-0.3, -0.25) is 4.79 Å². The van der Waals surface area contributed by atoms with E-state index in [9.17, 15) is 4.79 Å². The Morgan fingerprint density at radius 2 is 2.22 bits per heavy atom. The van der Waals surface area contributed by atoms with Crippen LogP contribution in [0, 0.1) is 0 Å². The van der Waals surface area contributed by atoms with Gasteiger partial charge in [-0.2, -0.15) is 0 Å². The second kappa shape index (κ2) is 6.24. The lowest BCUT2D eigenvalue weighted by atomic mass is 9.94. The summed E-state index contributed by atoms with van der Waals surface area (Å²) in [6.45, 7) is 7.96. The van der Waals surface area contributed by atoms with Gasteiger partial charge in [0.15, 0.2) is 0 Å². The minimum Gasteiger partial charge on any atom is -0.396 e. The monoisotopic (exact) mass is 271 g/mol. The highest BCUT2D eigenvalue weighted by Gasteiger charge is 2.27. The van der Waals surface area contributed by atoms with Crippen LogP contribution in [0.4, 0.5) is 0 Å². The van der Waals surface area contributed by atoms with Crippen LogP contribution in [0.3, 0.4) is 0 Å². The molecule has 5 nitrogen and oxygen atoms in total. The van der Waals surface area contributed by atoms with Crippen molar-refractivity contribution >= 4 is 17.4 Å². The molecule has 6 heteroatoms. The lowest BCUT2D eigenvalue weighted by Crippen LogP contribution is -2.46. The molecule has 102 valence electrons. The molecule has 18 heavy (non-hydrogen) atoms. The second-order valence-electron chi connectivity index (χ2n) is 4.98. The van der Waals surface area contributed by atoms with Gasteiger partial charge in [-0.25, -0.2) is 0 Å². The summed E-state index contributed by atoms with van der Waals surface area (Å²) in [7, 11) is 0. The number of nitrogens with one attached hydrogen (secondary N) is 1. The zero-order chi connectivity index (χ0) is 13.8. The number of nitrogens with zero attached hydrogens (tertiary/aromatic N) is 2. The Bertz CT molecular complexity index is 406. The molecule has 1 aromatic rings. The standard InChI is InChI=1S/C12H21N3O2S/c1-5-12(4,6-7-16)13-11(17)10-9(8(2)3)14-15-18-10/h8,16H,5-7H2,1-4H3,(H,13,17). The van der Waals surface area contributed by atoms with Crippen LogP contribution in [0.15, 0.2) is 0 Å². The van der Waals surface area contributed by atoms with Crippen molar-refractivity contribution in [1.82, 2.24) is 14.9 Å². The third-order valence-corrected chi connectivity index (χ3v) is 3.87. The number of hydrogen-bond acceptors (Lipinski definition) is 5. The van der Waals surface area contributed by atoms with Gasteiger partial charge < -0.3 is 10.4 Å². The average molecular weight is 271 g/mol. The molecule has 0 fully saturated rings. The highest BCUT2D eigenvalue weighted by Crippen LogP contribution is 2.21. The van der Waals surface area contributed by atoms with Gasteiger partial charge in [0, 0.05) is 12.1 Å². The Labute approximate surface area is 112 Å². The normalized spacial score (nSPS) is 14.6. The molecule has 1 unspecified atom stereocenters. The SMILES string of the molecule is CCC(C)(CCO)NC(=O)c1snnc1C(C)C. The van der Waals surface area contributed by atoms with Crippen LogP contribution in [0.25, 0.3) is 0 Å². The quantitative estimate of drug-likeness (QED) is 0.829. The molecule has 0 aliphatic rings. The van der Waals surface area contributed by atoms with Crippen LogP contribution in [0.1, 0.15) is 61.8 Å². The van der Waals surface area contributed by atoms with Gasteiger partial charge in [0.25, 0.3) is 5.91 Å². The maximum Gasteiger partial charge on any atom is 0.265 e. The van der Waals surface area contributed by atoms with E-state index in [2.05, 4.69) is 14.9 Å². The fourth-order valence-corrected chi connectivity index (χ4v) is 2.35. The van der Waals surface area contributed by atoms with E-state index in [4.69, 9.17) is 5.11 Å². The topological polar surface area (TPSA) is 75.1 Å². The van der Waals surface area contributed by atoms with Crippen molar-refractivity contribution < 1.29 is 9.90 Å². The Balaban J connectivity index is 2.84. The molecule has 0 bridgehead atoms. The lowest BCUT2D eigenvalue weighted by Gasteiger charge is -2.28. The summed E-state index contributed by atoms with van der Waals surface area (Å²) in [6, 6.07) is 0. The molecule has 0 aliphatic carbocycles. The molecule has 1 aromatic heterocycles. The summed E-state index contributed by atoms with van der Waals surface area (Å²) in [5.41, 5.74) is 0.351. The molecule has 1 amide bonds. The Morgan fingerprint density at radius 3 is 2.72 bits per heavy atom. The first-order chi connectivity index (χ1) is 8.43. The van der Waals surface area contributed by atoms with Gasteiger partial charge in [0.05, 0.1) is 5.69 Å². The van der Waals surface area contributed by atoms with E-state index in [0.717, 1.165) is 23.6 Å². The fourth-order valence-electron chi connectivity index (χ4n) is 1.64. The van der Waals surface area contributed by atoms with Gasteiger partial charge in [0.1, 0.15) is 4.88 Å². The molecule has 0 saturated carbocycles. The molecule has 0 aliphatic heterocycles. The third kappa shape index (κ3) is 3.49. The number of aromatic nitrogens is 2. The van der Waals surface area contributed by atoms with E-state index in [1.165, 1.54) is 0 Å². The third-order valence-electron chi connectivity index (χ3n) is 3.13. The molecule has 1 rings (SSSR count). The molecule has 2 N–H and O–H groups in total. The van der Waals surface area contributed by atoms with Gasteiger partial charge in [0.2, 0.25) is 0 Å². The summed E-state index contributed by atoms with van der Waals surface area (Å²) in [6.07, 6.45) is 1.31. The van der Waals surface area contributed by atoms with Crippen LogP contribution in [-0.4, -0.2) is 32.7 Å². The van der Waals surface area contributed by atoms with E-state index < -0.39 is 0 Å². The molecule has 0 aromatic carbocycles. The number of aliphatic hydroxyl groups excluding tert-OH is 1. The number of hydrogen-bond donors (Lipinski definition) is 2. The van der Waals surface area contributed by atoms with Crippen LogP contribution >= 0.6 is 11.5 Å². The van der Waals surface area contributed by atoms with Gasteiger partial charge >= 0.3 is 0 Å². The average Bonchev–Trinajstić information content (AvgIpc) is 2.78. The van der Waals surface area contributed by atoms with Gasteiger partial charge in [-0.05, 0) is 37.2 Å². The van der Waals surface area contributed by atoms with Crippen LogP contribution in [0.5, 0.6) is 0 Å². The summed E-state index contributed by atoms with van der Waals surface area (Å²) in [4.78, 5) is 12.8. The van der Waals surface area contributed by atoms with Crippen molar-refractivity contribution in [2.75, 3.05) is 6.61 Å².